The number of fused-ring (bicyclic) bond motifs is 1. The second-order valence-corrected chi connectivity index (χ2v) is 2.98. The van der Waals surface area contributed by atoms with Crippen LogP contribution in [0.3, 0.4) is 0 Å². The lowest BCUT2D eigenvalue weighted by atomic mass is 10.1. The number of rotatable bonds is 0. The van der Waals surface area contributed by atoms with E-state index in [-0.39, 0.29) is 11.5 Å². The monoisotopic (exact) mass is 189 g/mol. The van der Waals surface area contributed by atoms with Gasteiger partial charge in [0, 0.05) is 11.5 Å². The molecule has 2 rings (SSSR count). The Kier molecular flexibility index (Phi) is 1.61. The third-order valence-corrected chi connectivity index (χ3v) is 2.07. The van der Waals surface area contributed by atoms with Gasteiger partial charge >= 0.3 is 0 Å². The summed E-state index contributed by atoms with van der Waals surface area (Å²) in [5.41, 5.74) is 0.782. The summed E-state index contributed by atoms with van der Waals surface area (Å²) in [5, 5.41) is 27.8. The van der Waals surface area contributed by atoms with Crippen molar-refractivity contribution < 1.29 is 14.6 Å². The largest absolute Gasteiger partial charge is 0.504 e. The highest BCUT2D eigenvalue weighted by Gasteiger charge is 2.13. The molecule has 1 aromatic heterocycles. The van der Waals surface area contributed by atoms with Crippen LogP contribution in [0.5, 0.6) is 11.5 Å². The van der Waals surface area contributed by atoms with E-state index < -0.39 is 0 Å². The molecule has 0 fully saturated rings. The number of phenols is 2. The molecule has 0 bridgehead atoms. The van der Waals surface area contributed by atoms with Gasteiger partial charge in [0.15, 0.2) is 11.5 Å². The first-order valence-electron chi connectivity index (χ1n) is 3.98. The van der Waals surface area contributed by atoms with Gasteiger partial charge in [-0.2, -0.15) is 5.26 Å². The summed E-state index contributed by atoms with van der Waals surface area (Å²) in [6.45, 7) is 1.66. The zero-order chi connectivity index (χ0) is 10.3. The summed E-state index contributed by atoms with van der Waals surface area (Å²) in [6, 6.07) is 4.59. The minimum absolute atomic E-state index is 0.254. The minimum atomic E-state index is -0.255. The molecule has 0 aliphatic heterocycles. The van der Waals surface area contributed by atoms with E-state index in [0.29, 0.717) is 22.3 Å². The van der Waals surface area contributed by atoms with Gasteiger partial charge in [-0.1, -0.05) is 0 Å². The lowest BCUT2D eigenvalue weighted by molar-refractivity contribution is 0.404. The van der Waals surface area contributed by atoms with Crippen LogP contribution in [0.1, 0.15) is 11.3 Å². The molecule has 0 atom stereocenters. The van der Waals surface area contributed by atoms with Gasteiger partial charge < -0.3 is 14.6 Å². The van der Waals surface area contributed by atoms with Crippen LogP contribution in [0, 0.1) is 18.3 Å². The van der Waals surface area contributed by atoms with Crippen molar-refractivity contribution in [2.45, 2.75) is 6.92 Å². The van der Waals surface area contributed by atoms with Gasteiger partial charge in [-0.15, -0.1) is 0 Å². The zero-order valence-electron chi connectivity index (χ0n) is 7.40. The third-order valence-electron chi connectivity index (χ3n) is 2.07. The van der Waals surface area contributed by atoms with Crippen molar-refractivity contribution >= 4 is 11.0 Å². The van der Waals surface area contributed by atoms with E-state index in [9.17, 15) is 10.2 Å². The van der Waals surface area contributed by atoms with Gasteiger partial charge in [0.25, 0.3) is 0 Å². The van der Waals surface area contributed by atoms with Crippen molar-refractivity contribution in [3.05, 3.63) is 23.5 Å². The Morgan fingerprint density at radius 1 is 1.29 bits per heavy atom. The fourth-order valence-electron chi connectivity index (χ4n) is 1.38. The van der Waals surface area contributed by atoms with E-state index >= 15 is 0 Å². The Morgan fingerprint density at radius 3 is 2.57 bits per heavy atom. The molecular formula is C10H7NO3. The molecular weight excluding hydrogens is 182 g/mol. The molecule has 2 aromatic rings. The van der Waals surface area contributed by atoms with Crippen LogP contribution in [-0.2, 0) is 0 Å². The van der Waals surface area contributed by atoms with Gasteiger partial charge in [-0.3, -0.25) is 0 Å². The normalized spacial score (nSPS) is 10.3. The van der Waals surface area contributed by atoms with Gasteiger partial charge in [-0.05, 0) is 13.0 Å². The number of hydrogen-bond acceptors (Lipinski definition) is 4. The molecule has 1 heterocycles. The molecule has 0 aliphatic carbocycles. The van der Waals surface area contributed by atoms with Gasteiger partial charge in [-0.25, -0.2) is 0 Å². The second kappa shape index (κ2) is 2.67. The standard InChI is InChI=1S/C10H7NO3/c1-5-7(4-11)6-2-8(12)9(13)3-10(6)14-5/h2-3,12-13H,1H3. The first-order chi connectivity index (χ1) is 6.63. The van der Waals surface area contributed by atoms with Crippen LogP contribution in [0.15, 0.2) is 16.5 Å². The number of nitriles is 1. The lowest BCUT2D eigenvalue weighted by Crippen LogP contribution is -1.74. The summed E-state index contributed by atoms with van der Waals surface area (Å²) in [5.74, 6) is -0.0296. The molecule has 2 N–H and O–H groups in total. The fraction of sp³-hybridized carbons (Fsp3) is 0.100. The number of benzene rings is 1. The molecule has 0 spiro atoms. The van der Waals surface area contributed by atoms with Crippen molar-refractivity contribution in [2.24, 2.45) is 0 Å². The van der Waals surface area contributed by atoms with E-state index in [1.807, 2.05) is 6.07 Å². The first kappa shape index (κ1) is 8.45. The number of furan rings is 1. The summed E-state index contributed by atoms with van der Waals surface area (Å²) in [6.07, 6.45) is 0. The average molecular weight is 189 g/mol. The quantitative estimate of drug-likeness (QED) is 0.621. The molecule has 0 saturated heterocycles. The Labute approximate surface area is 79.6 Å². The van der Waals surface area contributed by atoms with Crippen molar-refractivity contribution in [3.8, 4) is 17.6 Å². The molecule has 0 saturated carbocycles. The first-order valence-corrected chi connectivity index (χ1v) is 3.98. The van der Waals surface area contributed by atoms with E-state index in [1.54, 1.807) is 6.92 Å². The van der Waals surface area contributed by atoms with E-state index in [4.69, 9.17) is 9.68 Å². The van der Waals surface area contributed by atoms with Crippen molar-refractivity contribution in [1.82, 2.24) is 0 Å². The van der Waals surface area contributed by atoms with E-state index in [2.05, 4.69) is 0 Å². The zero-order valence-corrected chi connectivity index (χ0v) is 7.40. The number of phenolic OH excluding ortho intramolecular Hbond substituents is 2. The van der Waals surface area contributed by atoms with Crippen molar-refractivity contribution in [3.63, 3.8) is 0 Å². The summed E-state index contributed by atoms with van der Waals surface area (Å²) in [4.78, 5) is 0. The summed E-state index contributed by atoms with van der Waals surface area (Å²) >= 11 is 0. The Hall–Kier alpha value is -2.15. The van der Waals surface area contributed by atoms with Crippen LogP contribution in [-0.4, -0.2) is 10.2 Å². The number of hydrogen-bond donors (Lipinski definition) is 2. The molecule has 0 radical (unpaired) electrons. The van der Waals surface area contributed by atoms with Crippen LogP contribution in [0.2, 0.25) is 0 Å². The number of nitrogens with zero attached hydrogens (tertiary/aromatic N) is 1. The third kappa shape index (κ3) is 0.995. The lowest BCUT2D eigenvalue weighted by Gasteiger charge is -1.95. The van der Waals surface area contributed by atoms with Crippen LogP contribution < -0.4 is 0 Å². The Balaban J connectivity index is 2.91. The molecule has 1 aromatic carbocycles. The summed E-state index contributed by atoms with van der Waals surface area (Å²) in [7, 11) is 0. The average Bonchev–Trinajstić information content (AvgIpc) is 2.42. The Morgan fingerprint density at radius 2 is 1.93 bits per heavy atom. The highest BCUT2D eigenvalue weighted by Crippen LogP contribution is 2.34. The number of aromatic hydroxyl groups is 2. The molecule has 0 amide bonds. The molecule has 0 aliphatic rings. The van der Waals surface area contributed by atoms with E-state index in [1.165, 1.54) is 12.1 Å². The fourth-order valence-corrected chi connectivity index (χ4v) is 1.38. The Bertz CT molecular complexity index is 548. The minimum Gasteiger partial charge on any atom is -0.504 e. The maximum absolute atomic E-state index is 9.25. The van der Waals surface area contributed by atoms with Crippen LogP contribution in [0.4, 0.5) is 0 Å². The summed E-state index contributed by atoms with van der Waals surface area (Å²) < 4.78 is 5.23. The maximum Gasteiger partial charge on any atom is 0.161 e. The topological polar surface area (TPSA) is 77.4 Å². The molecule has 14 heavy (non-hydrogen) atoms. The highest BCUT2D eigenvalue weighted by atomic mass is 16.3. The highest BCUT2D eigenvalue weighted by molar-refractivity contribution is 5.87. The van der Waals surface area contributed by atoms with Crippen LogP contribution in [0.25, 0.3) is 11.0 Å². The van der Waals surface area contributed by atoms with Gasteiger partial charge in [0.1, 0.15) is 23.0 Å². The van der Waals surface area contributed by atoms with E-state index in [0.717, 1.165) is 0 Å². The SMILES string of the molecule is Cc1oc2cc(O)c(O)cc2c1C#N. The van der Waals surface area contributed by atoms with Gasteiger partial charge in [0.2, 0.25) is 0 Å². The molecule has 4 nitrogen and oxygen atoms in total. The molecule has 4 heteroatoms. The predicted octanol–water partition coefficient (Wildman–Crippen LogP) is 2.02. The predicted molar refractivity (Wildman–Crippen MR) is 49.0 cm³/mol. The number of aryl methyl sites for hydroxylation is 1. The molecule has 70 valence electrons. The second-order valence-electron chi connectivity index (χ2n) is 2.98. The van der Waals surface area contributed by atoms with Crippen LogP contribution >= 0.6 is 0 Å². The van der Waals surface area contributed by atoms with Gasteiger partial charge in [0.05, 0.1) is 0 Å². The maximum atomic E-state index is 9.25. The van der Waals surface area contributed by atoms with Crippen molar-refractivity contribution in [2.75, 3.05) is 0 Å². The molecule has 0 unspecified atom stereocenters. The van der Waals surface area contributed by atoms with Crippen molar-refractivity contribution in [1.29, 1.82) is 5.26 Å². The smallest absolute Gasteiger partial charge is 0.161 e.